The molecule has 2 amide bonds. The van der Waals surface area contributed by atoms with Gasteiger partial charge in [0, 0.05) is 5.69 Å². The normalized spacial score (nSPS) is 9.78. The number of anilines is 1. The van der Waals surface area contributed by atoms with Gasteiger partial charge in [0.25, 0.3) is 0 Å². The zero-order chi connectivity index (χ0) is 13.0. The summed E-state index contributed by atoms with van der Waals surface area (Å²) in [6.45, 7) is 0. The van der Waals surface area contributed by atoms with Gasteiger partial charge >= 0.3 is 6.03 Å². The van der Waals surface area contributed by atoms with Crippen LogP contribution in [0.15, 0.2) is 48.5 Å². The number of phenolic OH excluding ortho intramolecular Hbond substituents is 1. The highest BCUT2D eigenvalue weighted by Gasteiger charge is 1.99. The highest BCUT2D eigenvalue weighted by molar-refractivity contribution is 5.87. The number of nitrogens with two attached hydrogens (primary N) is 1. The summed E-state index contributed by atoms with van der Waals surface area (Å²) < 4.78 is 5.54. The SMILES string of the molecule is NC(=O)Nc1ccc(Oc2ccc(O)cc2)cc1. The molecule has 0 atom stereocenters. The van der Waals surface area contributed by atoms with Crippen LogP contribution in [-0.2, 0) is 0 Å². The summed E-state index contributed by atoms with van der Waals surface area (Å²) in [7, 11) is 0. The third kappa shape index (κ3) is 3.15. The summed E-state index contributed by atoms with van der Waals surface area (Å²) in [5, 5.41) is 11.6. The second-order valence-corrected chi connectivity index (χ2v) is 3.61. The van der Waals surface area contributed by atoms with Gasteiger partial charge in [-0.05, 0) is 48.5 Å². The van der Waals surface area contributed by atoms with Gasteiger partial charge in [0.2, 0.25) is 0 Å². The number of ether oxygens (including phenoxy) is 1. The molecule has 0 fully saturated rings. The monoisotopic (exact) mass is 244 g/mol. The molecule has 0 aliphatic carbocycles. The Labute approximate surface area is 104 Å². The summed E-state index contributed by atoms with van der Waals surface area (Å²) in [6.07, 6.45) is 0. The Balaban J connectivity index is 2.06. The Morgan fingerprint density at radius 2 is 1.50 bits per heavy atom. The molecular formula is C13H12N2O3. The lowest BCUT2D eigenvalue weighted by Crippen LogP contribution is -2.19. The fourth-order valence-electron chi connectivity index (χ4n) is 1.40. The van der Waals surface area contributed by atoms with Crippen LogP contribution in [0.1, 0.15) is 0 Å². The molecule has 2 aromatic carbocycles. The van der Waals surface area contributed by atoms with Gasteiger partial charge in [-0.3, -0.25) is 0 Å². The van der Waals surface area contributed by atoms with Crippen LogP contribution in [0.4, 0.5) is 10.5 Å². The van der Waals surface area contributed by atoms with Crippen molar-refractivity contribution < 1.29 is 14.6 Å². The van der Waals surface area contributed by atoms with Crippen molar-refractivity contribution in [3.63, 3.8) is 0 Å². The van der Waals surface area contributed by atoms with Crippen molar-refractivity contribution >= 4 is 11.7 Å². The van der Waals surface area contributed by atoms with Crippen LogP contribution in [0.25, 0.3) is 0 Å². The predicted molar refractivity (Wildman–Crippen MR) is 67.8 cm³/mol. The molecule has 0 bridgehead atoms. The maximum absolute atomic E-state index is 10.6. The Hall–Kier alpha value is -2.69. The molecule has 0 unspecified atom stereocenters. The molecule has 0 aliphatic heterocycles. The van der Waals surface area contributed by atoms with Gasteiger partial charge in [0.1, 0.15) is 17.2 Å². The fraction of sp³-hybridized carbons (Fsp3) is 0. The van der Waals surface area contributed by atoms with E-state index in [9.17, 15) is 4.79 Å². The molecule has 0 heterocycles. The van der Waals surface area contributed by atoms with Gasteiger partial charge in [-0.1, -0.05) is 0 Å². The molecule has 0 aliphatic rings. The van der Waals surface area contributed by atoms with Crippen molar-refractivity contribution in [2.24, 2.45) is 5.73 Å². The van der Waals surface area contributed by atoms with Crippen LogP contribution in [0.5, 0.6) is 17.2 Å². The van der Waals surface area contributed by atoms with E-state index in [1.807, 2.05) is 0 Å². The molecule has 2 aromatic rings. The minimum atomic E-state index is -0.609. The van der Waals surface area contributed by atoms with Gasteiger partial charge < -0.3 is 20.9 Å². The van der Waals surface area contributed by atoms with Crippen molar-refractivity contribution in [3.05, 3.63) is 48.5 Å². The van der Waals surface area contributed by atoms with Crippen molar-refractivity contribution in [2.45, 2.75) is 0 Å². The highest BCUT2D eigenvalue weighted by atomic mass is 16.5. The van der Waals surface area contributed by atoms with Gasteiger partial charge in [-0.25, -0.2) is 4.79 Å². The molecule has 5 heteroatoms. The van der Waals surface area contributed by atoms with Gasteiger partial charge in [0.15, 0.2) is 0 Å². The molecule has 0 saturated carbocycles. The fourth-order valence-corrected chi connectivity index (χ4v) is 1.40. The standard InChI is InChI=1S/C13H12N2O3/c14-13(17)15-9-1-5-11(6-2-9)18-12-7-3-10(16)4-8-12/h1-8,16H,(H3,14,15,17). The van der Waals surface area contributed by atoms with Crippen LogP contribution < -0.4 is 15.8 Å². The zero-order valence-corrected chi connectivity index (χ0v) is 9.46. The molecule has 18 heavy (non-hydrogen) atoms. The number of carbonyl (C=O) groups is 1. The summed E-state index contributed by atoms with van der Waals surface area (Å²) in [6, 6.07) is 12.6. The van der Waals surface area contributed by atoms with Crippen LogP contribution in [0, 0.1) is 0 Å². The Morgan fingerprint density at radius 1 is 1.00 bits per heavy atom. The van der Waals surface area contributed by atoms with Gasteiger partial charge in [-0.15, -0.1) is 0 Å². The quantitative estimate of drug-likeness (QED) is 0.776. The smallest absolute Gasteiger partial charge is 0.316 e. The first-order valence-electron chi connectivity index (χ1n) is 5.27. The zero-order valence-electron chi connectivity index (χ0n) is 9.46. The van der Waals surface area contributed by atoms with Crippen molar-refractivity contribution in [1.29, 1.82) is 0 Å². The van der Waals surface area contributed by atoms with Crippen LogP contribution in [0.3, 0.4) is 0 Å². The van der Waals surface area contributed by atoms with E-state index in [1.54, 1.807) is 48.5 Å². The molecule has 5 nitrogen and oxygen atoms in total. The molecule has 92 valence electrons. The first-order chi connectivity index (χ1) is 8.63. The Kier molecular flexibility index (Phi) is 3.33. The molecule has 0 radical (unpaired) electrons. The summed E-state index contributed by atoms with van der Waals surface area (Å²) in [5.41, 5.74) is 5.59. The van der Waals surface area contributed by atoms with E-state index in [4.69, 9.17) is 15.6 Å². The highest BCUT2D eigenvalue weighted by Crippen LogP contribution is 2.24. The number of rotatable bonds is 3. The largest absolute Gasteiger partial charge is 0.508 e. The number of nitrogens with one attached hydrogen (secondary N) is 1. The molecular weight excluding hydrogens is 232 g/mol. The number of benzene rings is 2. The van der Waals surface area contributed by atoms with Gasteiger partial charge in [-0.2, -0.15) is 0 Å². The molecule has 0 aromatic heterocycles. The number of hydrogen-bond donors (Lipinski definition) is 3. The number of amides is 2. The van der Waals surface area contributed by atoms with E-state index in [-0.39, 0.29) is 5.75 Å². The molecule has 0 saturated heterocycles. The van der Waals surface area contributed by atoms with Crippen molar-refractivity contribution in [3.8, 4) is 17.2 Å². The van der Waals surface area contributed by atoms with E-state index in [0.717, 1.165) is 0 Å². The topological polar surface area (TPSA) is 84.6 Å². The average Bonchev–Trinajstić information content (AvgIpc) is 2.34. The lowest BCUT2D eigenvalue weighted by Gasteiger charge is -2.07. The van der Waals surface area contributed by atoms with E-state index in [1.165, 1.54) is 0 Å². The summed E-state index contributed by atoms with van der Waals surface area (Å²) >= 11 is 0. The lowest BCUT2D eigenvalue weighted by molar-refractivity contribution is 0.259. The molecule has 4 N–H and O–H groups in total. The minimum Gasteiger partial charge on any atom is -0.508 e. The molecule has 0 spiro atoms. The Bertz CT molecular complexity index is 535. The average molecular weight is 244 g/mol. The third-order valence-corrected chi connectivity index (χ3v) is 2.19. The number of phenols is 1. The first kappa shape index (κ1) is 11.8. The van der Waals surface area contributed by atoms with Gasteiger partial charge in [0.05, 0.1) is 0 Å². The second-order valence-electron chi connectivity index (χ2n) is 3.61. The maximum Gasteiger partial charge on any atom is 0.316 e. The first-order valence-corrected chi connectivity index (χ1v) is 5.27. The van der Waals surface area contributed by atoms with Crippen LogP contribution in [0.2, 0.25) is 0 Å². The molecule has 2 rings (SSSR count). The van der Waals surface area contributed by atoms with E-state index in [2.05, 4.69) is 5.32 Å². The van der Waals surface area contributed by atoms with Crippen molar-refractivity contribution in [2.75, 3.05) is 5.32 Å². The van der Waals surface area contributed by atoms with Crippen LogP contribution in [-0.4, -0.2) is 11.1 Å². The van der Waals surface area contributed by atoms with Crippen LogP contribution >= 0.6 is 0 Å². The number of hydrogen-bond acceptors (Lipinski definition) is 3. The number of primary amides is 1. The predicted octanol–water partition coefficient (Wildman–Crippen LogP) is 2.68. The van der Waals surface area contributed by atoms with E-state index in [0.29, 0.717) is 17.2 Å². The second kappa shape index (κ2) is 5.09. The minimum absolute atomic E-state index is 0.184. The third-order valence-electron chi connectivity index (χ3n) is 2.19. The Morgan fingerprint density at radius 3 is 2.00 bits per heavy atom. The van der Waals surface area contributed by atoms with E-state index < -0.39 is 6.03 Å². The van der Waals surface area contributed by atoms with E-state index >= 15 is 0 Å². The summed E-state index contributed by atoms with van der Waals surface area (Å²) in [5.74, 6) is 1.42. The van der Waals surface area contributed by atoms with Crippen molar-refractivity contribution in [1.82, 2.24) is 0 Å². The number of aromatic hydroxyl groups is 1. The lowest BCUT2D eigenvalue weighted by atomic mass is 10.3. The maximum atomic E-state index is 10.6. The number of carbonyl (C=O) groups excluding carboxylic acids is 1. The summed E-state index contributed by atoms with van der Waals surface area (Å²) in [4.78, 5) is 10.6. The number of urea groups is 1.